The molecule has 32 valence electrons. The van der Waals surface area contributed by atoms with E-state index in [9.17, 15) is 4.79 Å². The zero-order valence-corrected chi connectivity index (χ0v) is 2.99. The van der Waals surface area contributed by atoms with Gasteiger partial charge in [0, 0.05) is 6.92 Å². The molecule has 0 radical (unpaired) electrons. The molecule has 0 bridgehead atoms. The number of carbonyl (C=O) groups excluding carboxylic acids is 1. The Balaban J connectivity index is 0. The van der Waals surface area contributed by atoms with Gasteiger partial charge in [-0.25, -0.2) is 5.84 Å². The molecule has 6 heavy (non-hydrogen) atoms. The van der Waals surface area contributed by atoms with Crippen molar-refractivity contribution >= 4 is 35.5 Å². The molecule has 0 aliphatic heterocycles. The second-order valence-corrected chi connectivity index (χ2v) is 0.701. The van der Waals surface area contributed by atoms with Crippen LogP contribution in [0.25, 0.3) is 0 Å². The summed E-state index contributed by atoms with van der Waals surface area (Å²) in [6.45, 7) is 1.35. The average Bonchev–Trinajstić information content (AvgIpc) is 1.38. The van der Waals surface area contributed by atoms with Crippen LogP contribution in [0.3, 0.4) is 0 Å². The van der Waals surface area contributed by atoms with Crippen LogP contribution in [-0.4, -0.2) is 35.5 Å². The molecular weight excluding hydrogens is 91.0 g/mol. The Bertz CT molecular complexity index is 46.8. The van der Waals surface area contributed by atoms with Crippen molar-refractivity contribution in [1.29, 1.82) is 0 Å². The Morgan fingerprint density at radius 2 is 2.00 bits per heavy atom. The van der Waals surface area contributed by atoms with Crippen molar-refractivity contribution in [2.45, 2.75) is 6.92 Å². The van der Waals surface area contributed by atoms with E-state index in [0.29, 0.717) is 0 Å². The fourth-order valence-corrected chi connectivity index (χ4v) is 0. The summed E-state index contributed by atoms with van der Waals surface area (Å²) in [5.74, 6) is 4.35. The molecule has 4 heteroatoms. The predicted molar refractivity (Wildman–Crippen MR) is 25.2 cm³/mol. The third kappa shape index (κ3) is 8.83. The molecule has 0 spiro atoms. The molecule has 0 unspecified atom stereocenters. The first-order valence-corrected chi connectivity index (χ1v) is 1.24. The molecule has 0 aromatic rings. The van der Waals surface area contributed by atoms with Crippen molar-refractivity contribution in [3.63, 3.8) is 0 Å². The summed E-state index contributed by atoms with van der Waals surface area (Å²) in [5.41, 5.74) is 1.89. The van der Waals surface area contributed by atoms with E-state index in [0.717, 1.165) is 0 Å². The zero-order valence-electron chi connectivity index (χ0n) is 2.99. The monoisotopic (exact) mass is 98.0 g/mol. The van der Waals surface area contributed by atoms with E-state index in [1.165, 1.54) is 6.92 Å². The van der Waals surface area contributed by atoms with E-state index in [4.69, 9.17) is 0 Å². The molecule has 0 rings (SSSR count). The number of nitrogens with two attached hydrogens (primary N) is 1. The Hall–Kier alpha value is 0.430. The van der Waals surface area contributed by atoms with Crippen molar-refractivity contribution in [3.05, 3.63) is 0 Å². The summed E-state index contributed by atoms with van der Waals surface area (Å²) < 4.78 is 0. The summed E-state index contributed by atoms with van der Waals surface area (Å²) in [5, 5.41) is 0. The first-order valence-electron chi connectivity index (χ1n) is 1.24. The van der Waals surface area contributed by atoms with Crippen LogP contribution < -0.4 is 11.3 Å². The van der Waals surface area contributed by atoms with Crippen LogP contribution in [0.1, 0.15) is 6.92 Å². The summed E-state index contributed by atoms with van der Waals surface area (Å²) in [6, 6.07) is 0. The summed E-state index contributed by atoms with van der Waals surface area (Å²) in [4.78, 5) is 9.58. The van der Waals surface area contributed by atoms with Crippen LogP contribution in [0.15, 0.2) is 0 Å². The first-order chi connectivity index (χ1) is 2.27. The molecule has 0 aromatic heterocycles. The van der Waals surface area contributed by atoms with Crippen molar-refractivity contribution < 1.29 is 4.79 Å². The van der Waals surface area contributed by atoms with Crippen molar-refractivity contribution in [2.24, 2.45) is 5.84 Å². The molecule has 0 aliphatic rings. The Labute approximate surface area is 58.5 Å². The maximum absolute atomic E-state index is 9.58. The van der Waals surface area contributed by atoms with Crippen molar-refractivity contribution in [3.8, 4) is 0 Å². The zero-order chi connectivity index (χ0) is 4.28. The molecule has 3 N–H and O–H groups in total. The van der Waals surface area contributed by atoms with Gasteiger partial charge in [-0.05, 0) is 0 Å². The van der Waals surface area contributed by atoms with E-state index in [-0.39, 0.29) is 35.5 Å². The van der Waals surface area contributed by atoms with Crippen LogP contribution >= 0.6 is 0 Å². The minimum absolute atomic E-state index is 0. The number of hydrazine groups is 1. The van der Waals surface area contributed by atoms with Crippen molar-refractivity contribution in [2.75, 3.05) is 0 Å². The summed E-state index contributed by atoms with van der Waals surface area (Å²) >= 11 is 0. The van der Waals surface area contributed by atoms with Crippen LogP contribution in [0.4, 0.5) is 0 Å². The van der Waals surface area contributed by atoms with Gasteiger partial charge in [0.1, 0.15) is 0 Å². The van der Waals surface area contributed by atoms with Crippen LogP contribution in [0.5, 0.6) is 0 Å². The van der Waals surface area contributed by atoms with Gasteiger partial charge >= 0.3 is 29.6 Å². The van der Waals surface area contributed by atoms with Crippen LogP contribution in [0.2, 0.25) is 0 Å². The van der Waals surface area contributed by atoms with E-state index >= 15 is 0 Å². The van der Waals surface area contributed by atoms with E-state index in [1.54, 1.807) is 0 Å². The van der Waals surface area contributed by atoms with Crippen molar-refractivity contribution in [1.82, 2.24) is 5.43 Å². The van der Waals surface area contributed by atoms with E-state index in [1.807, 2.05) is 5.43 Å². The number of rotatable bonds is 0. The van der Waals surface area contributed by atoms with Gasteiger partial charge in [0.25, 0.3) is 0 Å². The summed E-state index contributed by atoms with van der Waals surface area (Å²) in [6.07, 6.45) is 0. The molecule has 0 saturated carbocycles. The Morgan fingerprint density at radius 1 is 1.83 bits per heavy atom. The molecule has 0 heterocycles. The minimum atomic E-state index is -0.218. The first kappa shape index (κ1) is 9.66. The Morgan fingerprint density at radius 3 is 2.00 bits per heavy atom. The van der Waals surface area contributed by atoms with Gasteiger partial charge in [-0.1, -0.05) is 0 Å². The Kier molecular flexibility index (Phi) is 8.74. The third-order valence-electron chi connectivity index (χ3n) is 0.203. The van der Waals surface area contributed by atoms with Crippen LogP contribution in [0, 0.1) is 0 Å². The van der Waals surface area contributed by atoms with E-state index in [2.05, 4.69) is 5.84 Å². The van der Waals surface area contributed by atoms with E-state index < -0.39 is 0 Å². The number of carbonyl (C=O) groups is 1. The molecular formula is C2H7N2NaO. The molecule has 0 aromatic carbocycles. The fraction of sp³-hybridized carbons (Fsp3) is 0.500. The summed E-state index contributed by atoms with van der Waals surface area (Å²) in [7, 11) is 0. The van der Waals surface area contributed by atoms with Gasteiger partial charge < -0.3 is 0 Å². The molecule has 1 amide bonds. The molecule has 3 nitrogen and oxygen atoms in total. The molecule has 0 aliphatic carbocycles. The number of hydrogen-bond acceptors (Lipinski definition) is 2. The second-order valence-electron chi connectivity index (χ2n) is 0.701. The predicted octanol–water partition coefficient (Wildman–Crippen LogP) is -1.65. The quantitative estimate of drug-likeness (QED) is 0.165. The molecule has 0 fully saturated rings. The number of nitrogens with one attached hydrogen (secondary N) is 1. The van der Waals surface area contributed by atoms with Gasteiger partial charge in [0.15, 0.2) is 0 Å². The molecule has 0 saturated heterocycles. The van der Waals surface area contributed by atoms with Gasteiger partial charge in [0.05, 0.1) is 0 Å². The normalized spacial score (nSPS) is 5.67. The second kappa shape index (κ2) is 5.43. The number of hydrogen-bond donors (Lipinski definition) is 2. The molecule has 0 atom stereocenters. The van der Waals surface area contributed by atoms with Gasteiger partial charge in [0.2, 0.25) is 5.91 Å². The topological polar surface area (TPSA) is 55.1 Å². The number of amides is 1. The fourth-order valence-electron chi connectivity index (χ4n) is 0. The van der Waals surface area contributed by atoms with Crippen LogP contribution in [-0.2, 0) is 4.79 Å². The maximum atomic E-state index is 9.58. The van der Waals surface area contributed by atoms with Gasteiger partial charge in [-0.15, -0.1) is 0 Å². The SMILES string of the molecule is CC(=O)NN.[NaH]. The van der Waals surface area contributed by atoms with Gasteiger partial charge in [-0.2, -0.15) is 0 Å². The third-order valence-corrected chi connectivity index (χ3v) is 0.203. The average molecular weight is 98.1 g/mol. The standard InChI is InChI=1S/C2H6N2O.Na.H/c1-2(5)4-3;;/h3H2,1H3,(H,4,5);;. The van der Waals surface area contributed by atoms with Gasteiger partial charge in [-0.3, -0.25) is 10.2 Å².